The standard InChI is InChI=1S/C49H60F2N10O13S/c1-49(2,3)44(36-19-28(30-20-29(50)9-10-31(30)51)23-59(36)22-27-7-5-4-6-8-27)60(18-16-32(52)45(69)55-17-15-39(64)56-33(47(71)72)11-12-37(53)62)43(68)26-75-25-35(48(73)74)58-46(70)34(21-38(54)63)57-40(65)24-61-41(66)13-14-42(61)67/h4-10,13-14,19-20,23,32-35,44H,11-12,15-18,21-22,24-26,52H2,1-3H3,(H2,53,62)(H2,54,63)(H,55,69)(H,56,64)(H,57,65)(H,58,70)(H,71,72)(H,73,74)/t32-,33+,34-,35-,44-/m0/s1. The van der Waals surface area contributed by atoms with Crippen molar-refractivity contribution < 1.29 is 71.7 Å². The Labute approximate surface area is 433 Å². The molecule has 1 aromatic heterocycles. The van der Waals surface area contributed by atoms with Gasteiger partial charge in [0, 0.05) is 73.4 Å². The number of nitrogens with one attached hydrogen (secondary N) is 4. The van der Waals surface area contributed by atoms with Crippen LogP contribution in [0.5, 0.6) is 0 Å². The number of primary amides is 2. The molecule has 0 aliphatic carbocycles. The second-order valence-corrected chi connectivity index (χ2v) is 19.5. The van der Waals surface area contributed by atoms with Crippen LogP contribution in [0.3, 0.4) is 0 Å². The number of aliphatic carboxylic acids is 2. The molecule has 75 heavy (non-hydrogen) atoms. The number of rotatable bonds is 29. The van der Waals surface area contributed by atoms with E-state index < -0.39 is 137 Å². The quantitative estimate of drug-likeness (QED) is 0.0415. The summed E-state index contributed by atoms with van der Waals surface area (Å²) in [7, 11) is 0. The molecule has 4 rings (SSSR count). The highest BCUT2D eigenvalue weighted by Crippen LogP contribution is 2.41. The Kier molecular flexibility index (Phi) is 21.7. The van der Waals surface area contributed by atoms with Crippen LogP contribution in [0.15, 0.2) is 72.9 Å². The number of carboxylic acids is 2. The largest absolute Gasteiger partial charge is 0.480 e. The van der Waals surface area contributed by atoms with Crippen molar-refractivity contribution in [3.8, 4) is 11.1 Å². The van der Waals surface area contributed by atoms with Crippen molar-refractivity contribution in [3.63, 3.8) is 0 Å². The highest BCUT2D eigenvalue weighted by Gasteiger charge is 2.38. The van der Waals surface area contributed by atoms with E-state index in [1.807, 2.05) is 39.0 Å². The molecule has 1 aliphatic heterocycles. The number of hydrogen-bond donors (Lipinski definition) is 9. The highest BCUT2D eigenvalue weighted by atomic mass is 32.2. The zero-order chi connectivity index (χ0) is 55.7. The van der Waals surface area contributed by atoms with Gasteiger partial charge in [0.05, 0.1) is 24.3 Å². The molecule has 0 radical (unpaired) electrons. The minimum Gasteiger partial charge on any atom is -0.480 e. The maximum atomic E-state index is 15.4. The van der Waals surface area contributed by atoms with Gasteiger partial charge in [0.1, 0.15) is 36.3 Å². The molecule has 23 nitrogen and oxygen atoms in total. The lowest BCUT2D eigenvalue weighted by Gasteiger charge is -2.41. The third-order valence-electron chi connectivity index (χ3n) is 11.5. The Bertz CT molecular complexity index is 2660. The van der Waals surface area contributed by atoms with E-state index in [9.17, 15) is 67.3 Å². The van der Waals surface area contributed by atoms with Crippen molar-refractivity contribution in [1.29, 1.82) is 0 Å². The van der Waals surface area contributed by atoms with Gasteiger partial charge in [-0.1, -0.05) is 51.1 Å². The van der Waals surface area contributed by atoms with Gasteiger partial charge in [-0.25, -0.2) is 18.4 Å². The second-order valence-electron chi connectivity index (χ2n) is 18.4. The van der Waals surface area contributed by atoms with E-state index in [1.54, 1.807) is 29.0 Å². The average molecular weight is 1070 g/mol. The van der Waals surface area contributed by atoms with Crippen LogP contribution in [0.2, 0.25) is 0 Å². The predicted molar refractivity (Wildman–Crippen MR) is 266 cm³/mol. The van der Waals surface area contributed by atoms with Crippen molar-refractivity contribution in [2.45, 2.75) is 89.6 Å². The van der Waals surface area contributed by atoms with E-state index in [2.05, 4.69) is 21.3 Å². The number of aromatic nitrogens is 1. The highest BCUT2D eigenvalue weighted by molar-refractivity contribution is 8.00. The van der Waals surface area contributed by atoms with Gasteiger partial charge in [-0.3, -0.25) is 48.1 Å². The molecule has 0 bridgehead atoms. The van der Waals surface area contributed by atoms with E-state index in [-0.39, 0.29) is 56.4 Å². The van der Waals surface area contributed by atoms with Gasteiger partial charge in [0.2, 0.25) is 41.4 Å². The summed E-state index contributed by atoms with van der Waals surface area (Å²) in [5, 5.41) is 28.7. The number of carbonyl (C=O) groups excluding carboxylic acids is 9. The number of imide groups is 1. The average Bonchev–Trinajstić information content (AvgIpc) is 3.88. The summed E-state index contributed by atoms with van der Waals surface area (Å²) >= 11 is 0.769. The maximum absolute atomic E-state index is 15.4. The van der Waals surface area contributed by atoms with Gasteiger partial charge >= 0.3 is 11.9 Å². The molecular weight excluding hydrogens is 1010 g/mol. The predicted octanol–water partition coefficient (Wildman–Crippen LogP) is 0.0438. The fourth-order valence-corrected chi connectivity index (χ4v) is 8.75. The molecular formula is C49H60F2N10O13S. The van der Waals surface area contributed by atoms with E-state index in [1.165, 1.54) is 4.90 Å². The zero-order valence-electron chi connectivity index (χ0n) is 41.2. The smallest absolute Gasteiger partial charge is 0.327 e. The van der Waals surface area contributed by atoms with Crippen molar-refractivity contribution in [2.75, 3.05) is 31.1 Å². The normalized spacial score (nSPS) is 14.2. The summed E-state index contributed by atoms with van der Waals surface area (Å²) in [6.07, 6.45) is 1.50. The molecule has 0 fully saturated rings. The molecule has 0 unspecified atom stereocenters. The number of carboxylic acid groups (broad SMARTS) is 2. The lowest BCUT2D eigenvalue weighted by atomic mass is 9.82. The molecule has 0 spiro atoms. The number of carbonyl (C=O) groups is 11. The van der Waals surface area contributed by atoms with Gasteiger partial charge in [0.15, 0.2) is 0 Å². The van der Waals surface area contributed by atoms with Crippen molar-refractivity contribution in [3.05, 3.63) is 95.8 Å². The number of thioether (sulfide) groups is 1. The molecule has 9 amide bonds. The molecule has 5 atom stereocenters. The van der Waals surface area contributed by atoms with Gasteiger partial charge in [-0.05, 0) is 48.1 Å². The summed E-state index contributed by atoms with van der Waals surface area (Å²) in [4.78, 5) is 140. The van der Waals surface area contributed by atoms with E-state index in [4.69, 9.17) is 17.2 Å². The zero-order valence-corrected chi connectivity index (χ0v) is 42.0. The van der Waals surface area contributed by atoms with Crippen LogP contribution in [0.1, 0.15) is 70.2 Å². The van der Waals surface area contributed by atoms with E-state index in [0.717, 1.165) is 47.7 Å². The summed E-state index contributed by atoms with van der Waals surface area (Å²) in [6, 6.07) is 6.52. The Morgan fingerprint density at radius 3 is 2.01 bits per heavy atom. The van der Waals surface area contributed by atoms with Gasteiger partial charge in [-0.15, -0.1) is 11.8 Å². The fourth-order valence-electron chi connectivity index (χ4n) is 7.83. The Balaban J connectivity index is 1.62. The number of benzene rings is 2. The number of hydrogen-bond acceptors (Lipinski definition) is 13. The SMILES string of the molecule is CC(C)(C)[C@H](c1cc(-c2cc(F)ccc2F)cn1Cc1ccccc1)N(CC[C@H](N)C(=O)NCCC(=O)N[C@H](CCC(N)=O)C(=O)O)C(=O)CSC[C@H](NC(=O)[C@H](CC(N)=O)NC(=O)CN1C(=O)C=CC1=O)C(=O)O. The molecule has 0 saturated heterocycles. The number of nitrogens with two attached hydrogens (primary N) is 3. The van der Waals surface area contributed by atoms with Gasteiger partial charge < -0.3 is 58.1 Å². The number of nitrogens with zero attached hydrogens (tertiary/aromatic N) is 3. The second kappa shape index (κ2) is 27.3. The van der Waals surface area contributed by atoms with Crippen LogP contribution in [-0.2, 0) is 59.3 Å². The van der Waals surface area contributed by atoms with Gasteiger partial charge in [0.25, 0.3) is 11.8 Å². The number of halogens is 2. The van der Waals surface area contributed by atoms with Crippen LogP contribution >= 0.6 is 11.8 Å². The Morgan fingerprint density at radius 1 is 0.773 bits per heavy atom. The van der Waals surface area contributed by atoms with Gasteiger partial charge in [-0.2, -0.15) is 0 Å². The van der Waals surface area contributed by atoms with Crippen molar-refractivity contribution in [2.24, 2.45) is 22.6 Å². The molecule has 3 aromatic rings. The third-order valence-corrected chi connectivity index (χ3v) is 12.5. The molecule has 12 N–H and O–H groups in total. The lowest BCUT2D eigenvalue weighted by molar-refractivity contribution is -0.143. The van der Waals surface area contributed by atoms with E-state index >= 15 is 4.39 Å². The molecule has 1 aliphatic rings. The molecule has 2 heterocycles. The first-order valence-corrected chi connectivity index (χ1v) is 24.5. The molecule has 2 aromatic carbocycles. The van der Waals surface area contributed by atoms with Crippen LogP contribution in [0.25, 0.3) is 11.1 Å². The first kappa shape index (κ1) is 59.6. The molecule has 26 heteroatoms. The first-order valence-electron chi connectivity index (χ1n) is 23.3. The minimum atomic E-state index is -1.74. The van der Waals surface area contributed by atoms with Crippen LogP contribution in [0, 0.1) is 17.0 Å². The van der Waals surface area contributed by atoms with Crippen LogP contribution in [-0.4, -0.2) is 145 Å². The van der Waals surface area contributed by atoms with Crippen LogP contribution < -0.4 is 38.5 Å². The summed E-state index contributed by atoms with van der Waals surface area (Å²) in [5.74, 6) is -13.2. The lowest BCUT2D eigenvalue weighted by Crippen LogP contribution is -2.55. The molecule has 0 saturated carbocycles. The third kappa shape index (κ3) is 18.2. The monoisotopic (exact) mass is 1070 g/mol. The minimum absolute atomic E-state index is 0.0749. The maximum Gasteiger partial charge on any atom is 0.327 e. The summed E-state index contributed by atoms with van der Waals surface area (Å²) in [5.41, 5.74) is 17.3. The van der Waals surface area contributed by atoms with Crippen molar-refractivity contribution >= 4 is 76.9 Å². The number of amides is 9. The topological polar surface area (TPSA) is 366 Å². The summed E-state index contributed by atoms with van der Waals surface area (Å²) in [6.45, 7) is 4.26. The van der Waals surface area contributed by atoms with Crippen LogP contribution in [0.4, 0.5) is 8.78 Å². The van der Waals surface area contributed by atoms with E-state index in [0.29, 0.717) is 10.6 Å². The first-order chi connectivity index (χ1) is 35.2. The van der Waals surface area contributed by atoms with Crippen molar-refractivity contribution in [1.82, 2.24) is 35.6 Å². The fraction of sp³-hybridized carbons (Fsp3) is 0.408. The molecule has 404 valence electrons. The Morgan fingerprint density at radius 2 is 1.41 bits per heavy atom. The summed E-state index contributed by atoms with van der Waals surface area (Å²) < 4.78 is 31.8. The Hall–Kier alpha value is -8.00.